The Hall–Kier alpha value is -2.56. The highest BCUT2D eigenvalue weighted by Gasteiger charge is 2.46. The van der Waals surface area contributed by atoms with Gasteiger partial charge < -0.3 is 16.6 Å². The van der Waals surface area contributed by atoms with E-state index in [4.69, 9.17) is 11.6 Å². The molecule has 112 valence electrons. The van der Waals surface area contributed by atoms with Crippen LogP contribution in [0.3, 0.4) is 0 Å². The summed E-state index contributed by atoms with van der Waals surface area (Å²) >= 11 is 0. The van der Waals surface area contributed by atoms with E-state index < -0.39 is 5.91 Å². The molecule has 4 rings (SSSR count). The lowest BCUT2D eigenvalue weighted by Crippen LogP contribution is -2.40. The van der Waals surface area contributed by atoms with Gasteiger partial charge in [0.2, 0.25) is 5.91 Å². The Kier molecular flexibility index (Phi) is 2.52. The third kappa shape index (κ3) is 1.53. The number of benzene rings is 1. The molecular weight excluding hydrogens is 276 g/mol. The number of nitrogens with one attached hydrogen (secondary N) is 1. The maximum absolute atomic E-state index is 11.5. The topological polar surface area (TPSA) is 97.3 Å². The van der Waals surface area contributed by atoms with Crippen molar-refractivity contribution in [2.75, 3.05) is 0 Å². The Morgan fingerprint density at radius 2 is 2.14 bits per heavy atom. The first kappa shape index (κ1) is 13.1. The summed E-state index contributed by atoms with van der Waals surface area (Å²) in [6, 6.07) is 5.53. The van der Waals surface area contributed by atoms with Crippen molar-refractivity contribution in [2.45, 2.75) is 31.1 Å². The summed E-state index contributed by atoms with van der Waals surface area (Å²) in [5.41, 5.74) is 11.0. The molecule has 1 amide bonds. The fourth-order valence-corrected chi connectivity index (χ4v) is 4.02. The van der Waals surface area contributed by atoms with Gasteiger partial charge in [-0.25, -0.2) is 0 Å². The van der Waals surface area contributed by atoms with E-state index in [9.17, 15) is 4.79 Å². The van der Waals surface area contributed by atoms with Crippen LogP contribution in [0.25, 0.3) is 10.9 Å². The van der Waals surface area contributed by atoms with Crippen LogP contribution in [0.4, 0.5) is 0 Å². The molecule has 0 saturated heterocycles. The van der Waals surface area contributed by atoms with E-state index in [-0.39, 0.29) is 5.41 Å². The van der Waals surface area contributed by atoms with Crippen molar-refractivity contribution >= 4 is 22.5 Å². The van der Waals surface area contributed by atoms with Gasteiger partial charge in [-0.3, -0.25) is 4.79 Å². The minimum atomic E-state index is -0.410. The molecule has 0 aliphatic heterocycles. The first-order valence-electron chi connectivity index (χ1n) is 7.48. The smallest absolute Gasteiger partial charge is 0.248 e. The predicted octanol–water partition coefficient (Wildman–Crippen LogP) is 2.31. The van der Waals surface area contributed by atoms with Crippen LogP contribution >= 0.6 is 0 Å². The van der Waals surface area contributed by atoms with Crippen molar-refractivity contribution < 1.29 is 4.79 Å². The summed E-state index contributed by atoms with van der Waals surface area (Å²) in [4.78, 5) is 14.9. The number of H-pyrrole nitrogens is 1. The fourth-order valence-electron chi connectivity index (χ4n) is 4.02. The number of aromatic nitrogens is 1. The molecule has 5 N–H and O–H groups in total. The van der Waals surface area contributed by atoms with E-state index in [2.05, 4.69) is 16.7 Å². The van der Waals surface area contributed by atoms with Crippen molar-refractivity contribution in [1.29, 1.82) is 0 Å². The number of primary amides is 1. The quantitative estimate of drug-likeness (QED) is 0.555. The summed E-state index contributed by atoms with van der Waals surface area (Å²) in [5.74, 6) is 5.18. The molecule has 5 heteroatoms. The highest BCUT2D eigenvalue weighted by atomic mass is 16.1. The summed E-state index contributed by atoms with van der Waals surface area (Å²) in [6.45, 7) is 4.15. The van der Waals surface area contributed by atoms with E-state index in [1.165, 1.54) is 12.0 Å². The van der Waals surface area contributed by atoms with Crippen LogP contribution < -0.4 is 11.6 Å². The Morgan fingerprint density at radius 3 is 2.73 bits per heavy atom. The largest absolute Gasteiger partial charge is 0.366 e. The van der Waals surface area contributed by atoms with E-state index >= 15 is 0 Å². The Balaban J connectivity index is 2.06. The Morgan fingerprint density at radius 1 is 1.36 bits per heavy atom. The number of rotatable bonds is 1. The van der Waals surface area contributed by atoms with Crippen LogP contribution in [0, 0.1) is 0 Å². The molecule has 0 radical (unpaired) electrons. The minimum absolute atomic E-state index is 0.106. The number of hydrogen-bond donors (Lipinski definition) is 3. The monoisotopic (exact) mass is 294 g/mol. The zero-order valence-corrected chi connectivity index (χ0v) is 12.3. The zero-order valence-electron chi connectivity index (χ0n) is 12.3. The summed E-state index contributed by atoms with van der Waals surface area (Å²) < 4.78 is 0. The molecule has 0 bridgehead atoms. The molecule has 0 unspecified atom stereocenters. The van der Waals surface area contributed by atoms with Gasteiger partial charge in [-0.15, -0.1) is 0 Å². The molecule has 1 fully saturated rings. The number of allylic oxidation sites excluding steroid dienone is 1. The van der Waals surface area contributed by atoms with Crippen LogP contribution in [0.1, 0.15) is 47.3 Å². The summed E-state index contributed by atoms with van der Waals surface area (Å²) in [6.07, 6.45) is 4.35. The number of nitrogens with zero attached hydrogens (tertiary/aromatic N) is 1. The SMILES string of the molecule is C=C1CC2(CCC2)c2c([nH]c3ccc(C(N)=O)cc23)/C1=N/N. The third-order valence-corrected chi connectivity index (χ3v) is 5.18. The van der Waals surface area contributed by atoms with Crippen molar-refractivity contribution in [2.24, 2.45) is 16.7 Å². The lowest BCUT2D eigenvalue weighted by Gasteiger charge is -2.46. The molecule has 2 aromatic rings. The number of nitrogens with two attached hydrogens (primary N) is 2. The van der Waals surface area contributed by atoms with Crippen LogP contribution in [0.15, 0.2) is 35.5 Å². The fraction of sp³-hybridized carbons (Fsp3) is 0.294. The first-order chi connectivity index (χ1) is 10.6. The molecule has 1 aromatic heterocycles. The van der Waals surface area contributed by atoms with Crippen molar-refractivity contribution in [1.82, 2.24) is 4.98 Å². The molecule has 2 aliphatic rings. The van der Waals surface area contributed by atoms with Crippen LogP contribution in [0.5, 0.6) is 0 Å². The van der Waals surface area contributed by atoms with E-state index in [0.29, 0.717) is 5.56 Å². The van der Waals surface area contributed by atoms with Crippen molar-refractivity contribution in [3.8, 4) is 0 Å². The van der Waals surface area contributed by atoms with E-state index in [0.717, 1.165) is 47.1 Å². The normalized spacial score (nSPS) is 21.1. The standard InChI is InChI=1S/C17H18N4O/c1-9-8-17(5-2-6-17)13-11-7-10(16(18)22)3-4-12(11)20-15(13)14(9)21-19/h3-4,7,20H,1-2,5-6,8,19H2,(H2,18,22)/b21-14+. The molecule has 1 saturated carbocycles. The number of carbonyl (C=O) groups excluding carboxylic acids is 1. The second-order valence-electron chi connectivity index (χ2n) is 6.39. The van der Waals surface area contributed by atoms with Crippen molar-refractivity contribution in [3.05, 3.63) is 47.2 Å². The van der Waals surface area contributed by atoms with Gasteiger partial charge in [-0.1, -0.05) is 13.0 Å². The Bertz CT molecular complexity index is 855. The second kappa shape index (κ2) is 4.22. The first-order valence-corrected chi connectivity index (χ1v) is 7.48. The lowest BCUT2D eigenvalue weighted by atomic mass is 9.57. The lowest BCUT2D eigenvalue weighted by molar-refractivity contribution is 0.100. The molecule has 1 spiro atoms. The van der Waals surface area contributed by atoms with Gasteiger partial charge in [0.25, 0.3) is 0 Å². The van der Waals surface area contributed by atoms with Gasteiger partial charge >= 0.3 is 0 Å². The zero-order chi connectivity index (χ0) is 15.5. The van der Waals surface area contributed by atoms with Crippen LogP contribution in [-0.2, 0) is 5.41 Å². The number of hydrazone groups is 1. The van der Waals surface area contributed by atoms with Gasteiger partial charge in [-0.05, 0) is 48.6 Å². The third-order valence-electron chi connectivity index (χ3n) is 5.18. The highest BCUT2D eigenvalue weighted by molar-refractivity contribution is 6.17. The predicted molar refractivity (Wildman–Crippen MR) is 86.8 cm³/mol. The number of amides is 1. The molecule has 5 nitrogen and oxygen atoms in total. The minimum Gasteiger partial charge on any atom is -0.366 e. The van der Waals surface area contributed by atoms with Gasteiger partial charge in [-0.2, -0.15) is 5.10 Å². The molecule has 2 aliphatic carbocycles. The number of carbonyl (C=O) groups is 1. The van der Waals surface area contributed by atoms with Crippen molar-refractivity contribution in [3.63, 3.8) is 0 Å². The molecular formula is C17H18N4O. The average molecular weight is 294 g/mol. The van der Waals surface area contributed by atoms with Gasteiger partial charge in [0.1, 0.15) is 5.71 Å². The number of hydrogen-bond acceptors (Lipinski definition) is 3. The molecule has 1 heterocycles. The Labute approximate surface area is 128 Å². The van der Waals surface area contributed by atoms with E-state index in [1.807, 2.05) is 12.1 Å². The molecule has 1 aromatic carbocycles. The summed E-state index contributed by atoms with van der Waals surface area (Å²) in [7, 11) is 0. The molecule has 0 atom stereocenters. The molecule has 22 heavy (non-hydrogen) atoms. The average Bonchev–Trinajstić information content (AvgIpc) is 2.83. The highest BCUT2D eigenvalue weighted by Crippen LogP contribution is 2.54. The maximum Gasteiger partial charge on any atom is 0.248 e. The van der Waals surface area contributed by atoms with Gasteiger partial charge in [0.15, 0.2) is 0 Å². The van der Waals surface area contributed by atoms with Gasteiger partial charge in [0.05, 0.1) is 5.69 Å². The van der Waals surface area contributed by atoms with Crippen LogP contribution in [-0.4, -0.2) is 16.6 Å². The van der Waals surface area contributed by atoms with Crippen LogP contribution in [0.2, 0.25) is 0 Å². The maximum atomic E-state index is 11.5. The number of aromatic amines is 1. The van der Waals surface area contributed by atoms with E-state index in [1.54, 1.807) is 6.07 Å². The van der Waals surface area contributed by atoms with Gasteiger partial charge in [0, 0.05) is 21.9 Å². The second-order valence-corrected chi connectivity index (χ2v) is 6.39. The summed E-state index contributed by atoms with van der Waals surface area (Å²) in [5, 5.41) is 5.00. The number of fused-ring (bicyclic) bond motifs is 4.